The normalized spacial score (nSPS) is 18.7. The summed E-state index contributed by atoms with van der Waals surface area (Å²) in [6.07, 6.45) is -1.51. The van der Waals surface area contributed by atoms with Crippen LogP contribution in [0.4, 0.5) is 4.39 Å². The number of benzene rings is 2. The Balaban J connectivity index is 2.10. The van der Waals surface area contributed by atoms with Crippen LogP contribution in [0.3, 0.4) is 0 Å². The molecule has 1 saturated heterocycles. The van der Waals surface area contributed by atoms with Gasteiger partial charge in [0, 0.05) is 36.2 Å². The molecule has 2 aromatic carbocycles. The standard InChI is InChI=1S/C26H38BrFN2O2Si/c1-18-7-9-19(10-8-18)25(32-33(5,6)26(2,3)4)24(31)23(30-15-13-29-14-16-30)21-17-20(27)11-12-22(21)28/h7-12,17,23-25,29,31H,13-16H2,1-6H3/t23-,24-,25+/m0/s1. The van der Waals surface area contributed by atoms with Gasteiger partial charge in [-0.1, -0.05) is 66.5 Å². The molecule has 0 unspecified atom stereocenters. The van der Waals surface area contributed by atoms with Gasteiger partial charge >= 0.3 is 0 Å². The molecule has 33 heavy (non-hydrogen) atoms. The number of halogens is 2. The summed E-state index contributed by atoms with van der Waals surface area (Å²) in [5.41, 5.74) is 2.57. The number of nitrogens with one attached hydrogen (secondary N) is 1. The van der Waals surface area contributed by atoms with E-state index in [0.717, 1.165) is 41.8 Å². The van der Waals surface area contributed by atoms with Gasteiger partial charge in [-0.3, -0.25) is 4.90 Å². The zero-order valence-corrected chi connectivity index (χ0v) is 23.2. The number of nitrogens with zero attached hydrogens (tertiary/aromatic N) is 1. The van der Waals surface area contributed by atoms with E-state index in [0.29, 0.717) is 5.56 Å². The van der Waals surface area contributed by atoms with Gasteiger partial charge < -0.3 is 14.8 Å². The molecule has 0 saturated carbocycles. The van der Waals surface area contributed by atoms with Crippen LogP contribution in [0.15, 0.2) is 46.9 Å². The SMILES string of the molecule is Cc1ccc([C@@H](O[Si](C)(C)C(C)(C)C)[C@@H](O)[C@H](c2cc(Br)ccc2F)N2CCNCC2)cc1. The van der Waals surface area contributed by atoms with E-state index in [1.54, 1.807) is 12.1 Å². The molecule has 1 heterocycles. The molecule has 0 bridgehead atoms. The molecule has 1 aliphatic rings. The number of piperazine rings is 1. The molecule has 0 amide bonds. The largest absolute Gasteiger partial charge is 0.407 e. The molecule has 7 heteroatoms. The second kappa shape index (κ2) is 10.7. The molecular weight excluding hydrogens is 499 g/mol. The Morgan fingerprint density at radius 1 is 1.09 bits per heavy atom. The number of aliphatic hydroxyl groups is 1. The number of hydrogen-bond acceptors (Lipinski definition) is 4. The zero-order valence-electron chi connectivity index (χ0n) is 20.7. The molecule has 1 fully saturated rings. The van der Waals surface area contributed by atoms with E-state index in [-0.39, 0.29) is 10.9 Å². The highest BCUT2D eigenvalue weighted by molar-refractivity contribution is 9.10. The highest BCUT2D eigenvalue weighted by Crippen LogP contribution is 2.43. The maximum absolute atomic E-state index is 15.2. The van der Waals surface area contributed by atoms with Gasteiger partial charge in [-0.2, -0.15) is 0 Å². The van der Waals surface area contributed by atoms with E-state index in [9.17, 15) is 5.11 Å². The Kier molecular flexibility index (Phi) is 8.57. The average Bonchev–Trinajstić information content (AvgIpc) is 2.75. The summed E-state index contributed by atoms with van der Waals surface area (Å²) in [6.45, 7) is 16.1. The third kappa shape index (κ3) is 6.32. The number of rotatable bonds is 7. The Labute approximate surface area is 207 Å². The predicted octanol–water partition coefficient (Wildman–Crippen LogP) is 5.97. The van der Waals surface area contributed by atoms with E-state index in [4.69, 9.17) is 4.43 Å². The Morgan fingerprint density at radius 3 is 2.27 bits per heavy atom. The van der Waals surface area contributed by atoms with Crippen LogP contribution >= 0.6 is 15.9 Å². The lowest BCUT2D eigenvalue weighted by molar-refractivity contribution is -0.0397. The van der Waals surface area contributed by atoms with Crippen molar-refractivity contribution in [3.8, 4) is 0 Å². The molecule has 2 aromatic rings. The van der Waals surface area contributed by atoms with Crippen molar-refractivity contribution < 1.29 is 13.9 Å². The second-order valence-corrected chi connectivity index (χ2v) is 16.3. The predicted molar refractivity (Wildman–Crippen MR) is 139 cm³/mol. The molecule has 1 aliphatic heterocycles. The van der Waals surface area contributed by atoms with Crippen LogP contribution in [0.1, 0.15) is 49.6 Å². The summed E-state index contributed by atoms with van der Waals surface area (Å²) in [7, 11) is -2.24. The van der Waals surface area contributed by atoms with Gasteiger partial charge in [-0.05, 0) is 48.8 Å². The zero-order chi connectivity index (χ0) is 24.4. The fraction of sp³-hybridized carbons (Fsp3) is 0.538. The van der Waals surface area contributed by atoms with Crippen LogP contribution < -0.4 is 5.32 Å². The molecule has 0 aliphatic carbocycles. The van der Waals surface area contributed by atoms with Crippen molar-refractivity contribution in [2.45, 2.75) is 64.1 Å². The Hall–Kier alpha value is -1.09. The van der Waals surface area contributed by atoms with E-state index in [1.807, 2.05) is 31.2 Å². The van der Waals surface area contributed by atoms with Crippen molar-refractivity contribution >= 4 is 24.2 Å². The van der Waals surface area contributed by atoms with Crippen LogP contribution in [0.5, 0.6) is 0 Å². The van der Waals surface area contributed by atoms with Crippen LogP contribution in [-0.2, 0) is 4.43 Å². The lowest BCUT2D eigenvalue weighted by Gasteiger charge is -2.44. The van der Waals surface area contributed by atoms with Gasteiger partial charge in [0.15, 0.2) is 8.32 Å². The van der Waals surface area contributed by atoms with Gasteiger partial charge in [-0.25, -0.2) is 4.39 Å². The third-order valence-corrected chi connectivity index (χ3v) is 12.0. The third-order valence-electron chi connectivity index (χ3n) is 7.09. The minimum atomic E-state index is -2.24. The summed E-state index contributed by atoms with van der Waals surface area (Å²) in [5.74, 6) is -0.309. The monoisotopic (exact) mass is 536 g/mol. The number of hydrogen-bond donors (Lipinski definition) is 2. The van der Waals surface area contributed by atoms with Gasteiger partial charge in [0.1, 0.15) is 11.9 Å². The van der Waals surface area contributed by atoms with Gasteiger partial charge in [-0.15, -0.1) is 0 Å². The van der Waals surface area contributed by atoms with Crippen molar-refractivity contribution in [1.82, 2.24) is 10.2 Å². The first kappa shape index (κ1) is 26.5. The first-order valence-corrected chi connectivity index (χ1v) is 15.4. The summed E-state index contributed by atoms with van der Waals surface area (Å²) >= 11 is 3.50. The molecule has 2 N–H and O–H groups in total. The topological polar surface area (TPSA) is 44.7 Å². The van der Waals surface area contributed by atoms with Crippen LogP contribution in [0, 0.1) is 12.7 Å². The fourth-order valence-electron chi connectivity index (χ4n) is 4.05. The highest BCUT2D eigenvalue weighted by Gasteiger charge is 2.44. The lowest BCUT2D eigenvalue weighted by atomic mass is 9.91. The van der Waals surface area contributed by atoms with Crippen LogP contribution in [0.25, 0.3) is 0 Å². The number of aliphatic hydroxyl groups excluding tert-OH is 1. The maximum Gasteiger partial charge on any atom is 0.193 e. The van der Waals surface area contributed by atoms with Crippen molar-refractivity contribution in [3.63, 3.8) is 0 Å². The first-order chi connectivity index (χ1) is 15.4. The molecule has 4 nitrogen and oxygen atoms in total. The first-order valence-electron chi connectivity index (χ1n) is 11.7. The molecule has 0 spiro atoms. The van der Waals surface area contributed by atoms with Crippen molar-refractivity contribution in [3.05, 3.63) is 69.4 Å². The lowest BCUT2D eigenvalue weighted by Crippen LogP contribution is -2.51. The number of aryl methyl sites for hydroxylation is 1. The minimum absolute atomic E-state index is 0.0266. The van der Waals surface area contributed by atoms with Gasteiger partial charge in [0.25, 0.3) is 0 Å². The summed E-state index contributed by atoms with van der Waals surface area (Å²) < 4.78 is 22.8. The van der Waals surface area contributed by atoms with E-state index >= 15 is 4.39 Å². The Morgan fingerprint density at radius 2 is 1.70 bits per heavy atom. The quantitative estimate of drug-likeness (QED) is 0.428. The van der Waals surface area contributed by atoms with Crippen LogP contribution in [-0.4, -0.2) is 50.6 Å². The average molecular weight is 538 g/mol. The maximum atomic E-state index is 15.2. The highest BCUT2D eigenvalue weighted by atomic mass is 79.9. The molecule has 182 valence electrons. The van der Waals surface area contributed by atoms with Gasteiger partial charge in [0.2, 0.25) is 0 Å². The smallest absolute Gasteiger partial charge is 0.193 e. The van der Waals surface area contributed by atoms with Crippen molar-refractivity contribution in [1.29, 1.82) is 0 Å². The molecule has 3 rings (SSSR count). The Bertz CT molecular complexity index is 927. The van der Waals surface area contributed by atoms with Crippen molar-refractivity contribution in [2.24, 2.45) is 0 Å². The summed E-state index contributed by atoms with van der Waals surface area (Å²) in [5, 5.41) is 15.3. The summed E-state index contributed by atoms with van der Waals surface area (Å²) in [6, 6.07) is 12.6. The van der Waals surface area contributed by atoms with E-state index < -0.39 is 26.6 Å². The van der Waals surface area contributed by atoms with Gasteiger partial charge in [0.05, 0.1) is 12.1 Å². The molecule has 3 atom stereocenters. The fourth-order valence-corrected chi connectivity index (χ4v) is 5.69. The van der Waals surface area contributed by atoms with Crippen LogP contribution in [0.2, 0.25) is 18.1 Å². The summed E-state index contributed by atoms with van der Waals surface area (Å²) in [4.78, 5) is 2.18. The minimum Gasteiger partial charge on any atom is -0.407 e. The second-order valence-electron chi connectivity index (χ2n) is 10.6. The van der Waals surface area contributed by atoms with E-state index in [1.165, 1.54) is 6.07 Å². The molecule has 0 aromatic heterocycles. The molecule has 0 radical (unpaired) electrons. The molecular formula is C26H38BrFN2O2Si. The van der Waals surface area contributed by atoms with Crippen molar-refractivity contribution in [2.75, 3.05) is 26.2 Å². The van der Waals surface area contributed by atoms with E-state index in [2.05, 4.69) is 60.0 Å².